The van der Waals surface area contributed by atoms with Gasteiger partial charge in [0.15, 0.2) is 0 Å². The first kappa shape index (κ1) is 24.0. The van der Waals surface area contributed by atoms with Crippen LogP contribution in [0, 0.1) is 5.92 Å². The minimum absolute atomic E-state index is 0.833. The van der Waals surface area contributed by atoms with Crippen molar-refractivity contribution in [2.45, 2.75) is 33.6 Å². The van der Waals surface area contributed by atoms with Gasteiger partial charge >= 0.3 is 0 Å². The summed E-state index contributed by atoms with van der Waals surface area (Å²) in [6.45, 7) is 5.47. The van der Waals surface area contributed by atoms with Crippen molar-refractivity contribution in [1.29, 1.82) is 0 Å². The molecule has 0 radical (unpaired) electrons. The van der Waals surface area contributed by atoms with Crippen LogP contribution in [0.15, 0.2) is 103 Å². The first-order chi connectivity index (χ1) is 16.6. The van der Waals surface area contributed by atoms with E-state index in [2.05, 4.69) is 135 Å². The quantitative estimate of drug-likeness (QED) is 0.360. The molecular formula is C31H35N2P. The number of hydrogen-bond donors (Lipinski definition) is 1. The number of rotatable bonds is 4. The molecule has 3 heteroatoms. The number of anilines is 1. The van der Waals surface area contributed by atoms with E-state index in [0.717, 1.165) is 30.4 Å². The van der Waals surface area contributed by atoms with Gasteiger partial charge in [-0.3, -0.25) is 0 Å². The smallest absolute Gasteiger partial charge is 0.129 e. The number of aryl methyl sites for hydroxylation is 1. The highest BCUT2D eigenvalue weighted by atomic mass is 31.2. The van der Waals surface area contributed by atoms with Crippen LogP contribution in [-0.2, 0) is 6.42 Å². The second kappa shape index (κ2) is 11.4. The van der Waals surface area contributed by atoms with E-state index in [1.54, 1.807) is 0 Å². The van der Waals surface area contributed by atoms with Gasteiger partial charge in [0.05, 0.1) is 5.69 Å². The van der Waals surface area contributed by atoms with E-state index in [0.29, 0.717) is 0 Å². The molecule has 0 aliphatic carbocycles. The predicted molar refractivity (Wildman–Crippen MR) is 152 cm³/mol. The number of fused-ring (bicyclic) bond motifs is 1. The van der Waals surface area contributed by atoms with Crippen molar-refractivity contribution < 1.29 is 0 Å². The van der Waals surface area contributed by atoms with Gasteiger partial charge in [0, 0.05) is 6.54 Å². The Hall–Kier alpha value is -3.09. The molecular weight excluding hydrogens is 431 g/mol. The molecule has 0 atom stereocenters. The number of benzene rings is 3. The van der Waals surface area contributed by atoms with Gasteiger partial charge < -0.3 is 5.32 Å². The maximum absolute atomic E-state index is 5.04. The van der Waals surface area contributed by atoms with E-state index >= 15 is 0 Å². The van der Waals surface area contributed by atoms with Crippen LogP contribution in [-0.4, -0.2) is 17.3 Å². The highest BCUT2D eigenvalue weighted by Gasteiger charge is 2.25. The number of nitrogens with zero attached hydrogens (tertiary/aromatic N) is 1. The minimum atomic E-state index is -2.03. The summed E-state index contributed by atoms with van der Waals surface area (Å²) in [6.07, 6.45) is 2.28. The Kier molecular flexibility index (Phi) is 8.03. The SMILES string of the molecule is C(c1ccc2c(n1)NCCC2)=P(c1ccccc1)(c1ccccc1)c1ccccc1.CC(C)C. The highest BCUT2D eigenvalue weighted by molar-refractivity contribution is 7.94. The monoisotopic (exact) mass is 466 g/mol. The molecule has 1 aliphatic heterocycles. The Balaban J connectivity index is 0.000000636. The summed E-state index contributed by atoms with van der Waals surface area (Å²) in [5.74, 6) is 4.31. The molecule has 0 bridgehead atoms. The summed E-state index contributed by atoms with van der Waals surface area (Å²) in [4.78, 5) is 5.04. The fourth-order valence-corrected chi connectivity index (χ4v) is 8.08. The summed E-state index contributed by atoms with van der Waals surface area (Å²) in [7, 11) is 0. The zero-order valence-electron chi connectivity index (χ0n) is 20.5. The Labute approximate surface area is 205 Å². The molecule has 34 heavy (non-hydrogen) atoms. The molecule has 2 heterocycles. The van der Waals surface area contributed by atoms with Gasteiger partial charge in [0.1, 0.15) is 5.82 Å². The maximum atomic E-state index is 5.04. The summed E-state index contributed by atoms with van der Waals surface area (Å²) < 4.78 is 0. The maximum Gasteiger partial charge on any atom is 0.129 e. The third-order valence-electron chi connectivity index (χ3n) is 5.73. The average Bonchev–Trinajstić information content (AvgIpc) is 2.88. The molecule has 3 aromatic carbocycles. The Bertz CT molecular complexity index is 1130. The van der Waals surface area contributed by atoms with E-state index in [1.165, 1.54) is 27.9 Å². The second-order valence-corrected chi connectivity index (χ2v) is 12.6. The fraction of sp³-hybridized carbons (Fsp3) is 0.226. The molecule has 0 spiro atoms. The zero-order valence-corrected chi connectivity index (χ0v) is 21.4. The van der Waals surface area contributed by atoms with Gasteiger partial charge in [-0.15, -0.1) is 0 Å². The molecule has 0 fully saturated rings. The molecule has 1 aliphatic rings. The number of pyridine rings is 1. The van der Waals surface area contributed by atoms with Crippen molar-refractivity contribution in [2.75, 3.05) is 11.9 Å². The summed E-state index contributed by atoms with van der Waals surface area (Å²) in [5, 5.41) is 7.52. The molecule has 174 valence electrons. The first-order valence-corrected chi connectivity index (χ1v) is 14.1. The molecule has 0 amide bonds. The van der Waals surface area contributed by atoms with E-state index in [4.69, 9.17) is 4.98 Å². The average molecular weight is 467 g/mol. The molecule has 0 unspecified atom stereocenters. The lowest BCUT2D eigenvalue weighted by Gasteiger charge is -2.29. The third kappa shape index (κ3) is 5.51. The number of hydrogen-bond acceptors (Lipinski definition) is 2. The highest BCUT2D eigenvalue weighted by Crippen LogP contribution is 2.44. The van der Waals surface area contributed by atoms with Crippen LogP contribution >= 0.6 is 6.89 Å². The van der Waals surface area contributed by atoms with Crippen LogP contribution < -0.4 is 21.2 Å². The molecule has 2 nitrogen and oxygen atoms in total. The summed E-state index contributed by atoms with van der Waals surface area (Å²) in [5.41, 5.74) is 2.36. The zero-order chi connectivity index (χ0) is 23.8. The van der Waals surface area contributed by atoms with E-state index in [-0.39, 0.29) is 0 Å². The Morgan fingerprint density at radius 3 is 1.65 bits per heavy atom. The van der Waals surface area contributed by atoms with Crippen molar-refractivity contribution in [3.05, 3.63) is 114 Å². The number of nitrogens with one attached hydrogen (secondary N) is 1. The largest absolute Gasteiger partial charge is 0.370 e. The molecule has 4 aromatic rings. The van der Waals surface area contributed by atoms with E-state index < -0.39 is 6.89 Å². The summed E-state index contributed by atoms with van der Waals surface area (Å²) in [6, 6.07) is 37.2. The first-order valence-electron chi connectivity index (χ1n) is 12.2. The van der Waals surface area contributed by atoms with Gasteiger partial charge in [0.2, 0.25) is 0 Å². The predicted octanol–water partition coefficient (Wildman–Crippen LogP) is 6.25. The third-order valence-corrected chi connectivity index (χ3v) is 9.72. The molecule has 0 saturated carbocycles. The van der Waals surface area contributed by atoms with Gasteiger partial charge in [-0.05, 0) is 59.0 Å². The molecule has 0 saturated heterocycles. The van der Waals surface area contributed by atoms with Gasteiger partial charge in [-0.2, -0.15) is 0 Å². The lowest BCUT2D eigenvalue weighted by molar-refractivity contribution is 0.737. The van der Waals surface area contributed by atoms with Crippen molar-refractivity contribution >= 4 is 34.4 Å². The number of aromatic nitrogens is 1. The van der Waals surface area contributed by atoms with Crippen molar-refractivity contribution in [2.24, 2.45) is 5.92 Å². The van der Waals surface area contributed by atoms with Crippen molar-refractivity contribution in [3.8, 4) is 0 Å². The van der Waals surface area contributed by atoms with Gasteiger partial charge in [-0.1, -0.05) is 118 Å². The van der Waals surface area contributed by atoms with Crippen molar-refractivity contribution in [1.82, 2.24) is 4.98 Å². The lowest BCUT2D eigenvalue weighted by Crippen LogP contribution is -2.27. The van der Waals surface area contributed by atoms with Gasteiger partial charge in [0.25, 0.3) is 0 Å². The van der Waals surface area contributed by atoms with E-state index in [1.807, 2.05) is 0 Å². The topological polar surface area (TPSA) is 24.9 Å². The van der Waals surface area contributed by atoms with E-state index in [9.17, 15) is 0 Å². The normalized spacial score (nSPS) is 12.7. The second-order valence-electron chi connectivity index (χ2n) is 9.36. The van der Waals surface area contributed by atoms with Crippen LogP contribution in [0.2, 0.25) is 0 Å². The van der Waals surface area contributed by atoms with Crippen LogP contribution in [0.25, 0.3) is 0 Å². The van der Waals surface area contributed by atoms with Gasteiger partial charge in [-0.25, -0.2) is 4.98 Å². The van der Waals surface area contributed by atoms with Crippen LogP contribution in [0.1, 0.15) is 38.4 Å². The van der Waals surface area contributed by atoms with Crippen molar-refractivity contribution in [3.63, 3.8) is 0 Å². The molecule has 1 aromatic heterocycles. The Morgan fingerprint density at radius 1 is 0.706 bits per heavy atom. The molecule has 1 N–H and O–H groups in total. The summed E-state index contributed by atoms with van der Waals surface area (Å²) >= 11 is 0. The van der Waals surface area contributed by atoms with Crippen LogP contribution in [0.3, 0.4) is 0 Å². The fourth-order valence-electron chi connectivity index (χ4n) is 4.27. The minimum Gasteiger partial charge on any atom is -0.370 e. The van der Waals surface area contributed by atoms with Crippen LogP contribution in [0.4, 0.5) is 5.82 Å². The molecule has 5 rings (SSSR count). The van der Waals surface area contributed by atoms with Crippen LogP contribution in [0.5, 0.6) is 0 Å². The lowest BCUT2D eigenvalue weighted by atomic mass is 10.1. The standard InChI is InChI=1S/C27H25N2P.C4H10/c1-4-12-24(13-5-1)30(25-14-6-2-7-15-25,26-16-8-3-9-17-26)21-23-19-18-22-11-10-20-28-27(22)29-23;1-4(2)3/h1-9,12-19,21H,10-11,20H2,(H,28,29);4H,1-3H3. The Morgan fingerprint density at radius 2 is 1.18 bits per heavy atom.